The van der Waals surface area contributed by atoms with Crippen LogP contribution in [0.3, 0.4) is 0 Å². The Morgan fingerprint density at radius 3 is 2.57 bits per heavy atom. The van der Waals surface area contributed by atoms with E-state index in [1.165, 1.54) is 110 Å². The summed E-state index contributed by atoms with van der Waals surface area (Å²) in [5, 5.41) is 0. The van der Waals surface area contributed by atoms with Crippen molar-refractivity contribution in [3.05, 3.63) is 36.0 Å². The summed E-state index contributed by atoms with van der Waals surface area (Å²) in [5.41, 5.74) is 2.35. The Hall–Kier alpha value is -0.860. The molecule has 0 amide bonds. The molecular formula is C28H44N2. The van der Waals surface area contributed by atoms with Crippen LogP contribution in [-0.4, -0.2) is 48.6 Å². The molecule has 0 aromatic carbocycles. The molecule has 5 aliphatic rings. The molecule has 2 saturated heterocycles. The summed E-state index contributed by atoms with van der Waals surface area (Å²) in [6.45, 7) is 6.80. The van der Waals surface area contributed by atoms with Gasteiger partial charge in [-0.25, -0.2) is 0 Å². The summed E-state index contributed by atoms with van der Waals surface area (Å²) in [5.74, 6) is 1.87. The highest BCUT2D eigenvalue weighted by atomic mass is 15.2. The molecule has 1 saturated carbocycles. The molecule has 30 heavy (non-hydrogen) atoms. The van der Waals surface area contributed by atoms with E-state index in [4.69, 9.17) is 0 Å². The minimum absolute atomic E-state index is 0.543. The van der Waals surface area contributed by atoms with Crippen LogP contribution in [0.1, 0.15) is 83.5 Å². The van der Waals surface area contributed by atoms with Gasteiger partial charge in [-0.15, -0.1) is 0 Å². The number of allylic oxidation sites excluding steroid dienone is 5. The first-order valence-corrected chi connectivity index (χ1v) is 13.3. The highest BCUT2D eigenvalue weighted by molar-refractivity contribution is 5.23. The van der Waals surface area contributed by atoms with E-state index in [-0.39, 0.29) is 0 Å². The molecule has 5 rings (SSSR count). The quantitative estimate of drug-likeness (QED) is 0.431. The van der Waals surface area contributed by atoms with Gasteiger partial charge in [-0.3, -0.25) is 4.90 Å². The maximum absolute atomic E-state index is 2.97. The highest BCUT2D eigenvalue weighted by Crippen LogP contribution is 2.55. The Balaban J connectivity index is 1.44. The lowest BCUT2D eigenvalue weighted by Crippen LogP contribution is -2.66. The Kier molecular flexibility index (Phi) is 6.82. The van der Waals surface area contributed by atoms with Crippen molar-refractivity contribution in [3.63, 3.8) is 0 Å². The zero-order valence-electron chi connectivity index (χ0n) is 19.2. The van der Waals surface area contributed by atoms with Crippen LogP contribution in [0, 0.1) is 17.3 Å². The smallest absolute Gasteiger partial charge is 0.0310 e. The molecule has 1 unspecified atom stereocenters. The van der Waals surface area contributed by atoms with Crippen molar-refractivity contribution in [2.24, 2.45) is 17.3 Å². The molecule has 2 nitrogen and oxygen atoms in total. The number of piperidine rings is 2. The van der Waals surface area contributed by atoms with Crippen molar-refractivity contribution in [1.82, 2.24) is 9.80 Å². The highest BCUT2D eigenvalue weighted by Gasteiger charge is 2.55. The van der Waals surface area contributed by atoms with E-state index in [0.29, 0.717) is 5.41 Å². The van der Waals surface area contributed by atoms with E-state index in [1.54, 1.807) is 5.57 Å². The second-order valence-corrected chi connectivity index (χ2v) is 11.1. The van der Waals surface area contributed by atoms with Gasteiger partial charge in [-0.2, -0.15) is 0 Å². The first-order valence-electron chi connectivity index (χ1n) is 13.3. The molecule has 2 heteroatoms. The third kappa shape index (κ3) is 4.51. The summed E-state index contributed by atoms with van der Waals surface area (Å²) >= 11 is 0. The van der Waals surface area contributed by atoms with Gasteiger partial charge < -0.3 is 4.90 Å². The Labute approximate surface area is 185 Å². The maximum Gasteiger partial charge on any atom is 0.0310 e. The van der Waals surface area contributed by atoms with Crippen molar-refractivity contribution in [1.29, 1.82) is 0 Å². The van der Waals surface area contributed by atoms with Gasteiger partial charge in [0.25, 0.3) is 0 Å². The van der Waals surface area contributed by atoms with Gasteiger partial charge in [-0.1, -0.05) is 48.8 Å². The molecule has 0 aromatic rings. The number of hydrogen-bond acceptors (Lipinski definition) is 2. The van der Waals surface area contributed by atoms with Gasteiger partial charge in [0.05, 0.1) is 0 Å². The third-order valence-electron chi connectivity index (χ3n) is 9.07. The first-order chi connectivity index (χ1) is 14.8. The SMILES string of the molecule is C1=C\CCCCN2C[C@]34CC/C=C\CCCCCCN(C[C@H]5C/C(=C/C/1)[C@H]2C[C@H]53)C4. The lowest BCUT2D eigenvalue weighted by Gasteiger charge is -2.62. The van der Waals surface area contributed by atoms with Crippen LogP contribution < -0.4 is 0 Å². The fourth-order valence-corrected chi connectivity index (χ4v) is 7.67. The van der Waals surface area contributed by atoms with Crippen LogP contribution in [0.5, 0.6) is 0 Å². The molecular weight excluding hydrogens is 364 g/mol. The van der Waals surface area contributed by atoms with E-state index in [9.17, 15) is 0 Å². The number of hydrogen-bond donors (Lipinski definition) is 0. The average molecular weight is 409 g/mol. The van der Waals surface area contributed by atoms with E-state index < -0.39 is 0 Å². The number of rotatable bonds is 0. The molecule has 4 bridgehead atoms. The Morgan fingerprint density at radius 1 is 0.800 bits per heavy atom. The zero-order chi connectivity index (χ0) is 20.2. The summed E-state index contributed by atoms with van der Waals surface area (Å²) in [7, 11) is 0. The van der Waals surface area contributed by atoms with Crippen LogP contribution in [0.25, 0.3) is 0 Å². The molecule has 4 heterocycles. The van der Waals surface area contributed by atoms with Crippen LogP contribution >= 0.6 is 0 Å². The summed E-state index contributed by atoms with van der Waals surface area (Å²) < 4.78 is 0. The predicted molar refractivity (Wildman–Crippen MR) is 128 cm³/mol. The van der Waals surface area contributed by atoms with Gasteiger partial charge in [0.2, 0.25) is 0 Å². The third-order valence-corrected chi connectivity index (χ3v) is 9.07. The largest absolute Gasteiger partial charge is 0.302 e. The number of fused-ring (bicyclic) bond motifs is 1. The molecule has 166 valence electrons. The minimum Gasteiger partial charge on any atom is -0.302 e. The normalized spacial score (nSPS) is 44.7. The topological polar surface area (TPSA) is 6.48 Å². The molecule has 5 atom stereocenters. The summed E-state index contributed by atoms with van der Waals surface area (Å²) in [6, 6.07) is 0.759. The molecule has 3 fully saturated rings. The number of nitrogens with zero attached hydrogens (tertiary/aromatic N) is 2. The molecule has 0 radical (unpaired) electrons. The zero-order valence-corrected chi connectivity index (χ0v) is 19.2. The van der Waals surface area contributed by atoms with Crippen molar-refractivity contribution < 1.29 is 0 Å². The second kappa shape index (κ2) is 9.74. The van der Waals surface area contributed by atoms with Crippen molar-refractivity contribution in [3.8, 4) is 0 Å². The summed E-state index contributed by atoms with van der Waals surface area (Å²) in [4.78, 5) is 5.89. The van der Waals surface area contributed by atoms with Gasteiger partial charge in [0.1, 0.15) is 0 Å². The van der Waals surface area contributed by atoms with Crippen LogP contribution in [-0.2, 0) is 0 Å². The van der Waals surface area contributed by atoms with Gasteiger partial charge in [0, 0.05) is 25.7 Å². The molecule has 0 aromatic heterocycles. The van der Waals surface area contributed by atoms with Crippen molar-refractivity contribution >= 4 is 0 Å². The van der Waals surface area contributed by atoms with Crippen LogP contribution in [0.4, 0.5) is 0 Å². The van der Waals surface area contributed by atoms with E-state index in [0.717, 1.165) is 24.3 Å². The lowest BCUT2D eigenvalue weighted by atomic mass is 9.54. The van der Waals surface area contributed by atoms with Gasteiger partial charge in [0.15, 0.2) is 0 Å². The Morgan fingerprint density at radius 2 is 1.60 bits per heavy atom. The van der Waals surface area contributed by atoms with Gasteiger partial charge in [-0.05, 0) is 101 Å². The standard InChI is InChI=1S/C28H44N2/c1-2-5-9-13-17-29-21-25-19-24-15-11-7-3-6-10-14-18-30-23-28(22-29,16-12-8-4-1)26(25)20-27(24)30/h3-4,7-8,15,25-27H,1-2,5-6,9-14,16-23H2/b7-3-,8-4-,24-15-/t25-,26-,27-,28-/m1/s1. The lowest BCUT2D eigenvalue weighted by molar-refractivity contribution is -0.108. The fourth-order valence-electron chi connectivity index (χ4n) is 7.67. The van der Waals surface area contributed by atoms with Crippen LogP contribution in [0.2, 0.25) is 0 Å². The monoisotopic (exact) mass is 408 g/mol. The molecule has 1 spiro atoms. The molecule has 1 aliphatic carbocycles. The van der Waals surface area contributed by atoms with Crippen molar-refractivity contribution in [2.75, 3.05) is 32.7 Å². The fraction of sp³-hybridized carbons (Fsp3) is 0.786. The Bertz CT molecular complexity index is 662. The molecule has 0 N–H and O–H groups in total. The maximum atomic E-state index is 2.97. The first kappa shape index (κ1) is 21.0. The van der Waals surface area contributed by atoms with Gasteiger partial charge >= 0.3 is 0 Å². The van der Waals surface area contributed by atoms with E-state index in [2.05, 4.69) is 40.2 Å². The van der Waals surface area contributed by atoms with Crippen molar-refractivity contribution in [2.45, 2.75) is 89.5 Å². The van der Waals surface area contributed by atoms with Crippen LogP contribution in [0.15, 0.2) is 36.0 Å². The molecule has 4 aliphatic heterocycles. The van der Waals surface area contributed by atoms with E-state index in [1.807, 2.05) is 0 Å². The second-order valence-electron chi connectivity index (χ2n) is 11.1. The predicted octanol–water partition coefficient (Wildman–Crippen LogP) is 6.36. The minimum atomic E-state index is 0.543. The summed E-state index contributed by atoms with van der Waals surface area (Å²) in [6.07, 6.45) is 30.3. The van der Waals surface area contributed by atoms with E-state index >= 15 is 0 Å². The average Bonchev–Trinajstić information content (AvgIpc) is 2.78.